The number of halogens is 1. The minimum atomic E-state index is -0.248. The average molecular weight is 199 g/mol. The predicted octanol–water partition coefficient (Wildman–Crippen LogP) is 3.30. The van der Waals surface area contributed by atoms with Crippen molar-refractivity contribution in [1.29, 1.82) is 0 Å². The van der Waals surface area contributed by atoms with Crippen molar-refractivity contribution in [2.75, 3.05) is 0 Å². The fraction of sp³-hybridized carbons (Fsp3) is 0.545. The summed E-state index contributed by atoms with van der Waals surface area (Å²) in [6.07, 6.45) is 6.97. The van der Waals surface area contributed by atoms with E-state index in [0.29, 0.717) is 0 Å². The summed E-state index contributed by atoms with van der Waals surface area (Å²) < 4.78 is 0. The summed E-state index contributed by atoms with van der Waals surface area (Å²) in [4.78, 5) is 11.3. The molecule has 0 spiro atoms. The molecule has 1 aliphatic carbocycles. The molecule has 0 amide bonds. The molecule has 13 heavy (non-hydrogen) atoms. The first-order chi connectivity index (χ1) is 5.99. The van der Waals surface area contributed by atoms with Crippen LogP contribution in [0.15, 0.2) is 23.8 Å². The minimum Gasteiger partial charge on any atom is -0.281 e. The highest BCUT2D eigenvalue weighted by atomic mass is 35.5. The maximum absolute atomic E-state index is 11.3. The van der Waals surface area contributed by atoms with Crippen molar-refractivity contribution < 1.29 is 4.79 Å². The molecule has 0 aliphatic heterocycles. The van der Waals surface area contributed by atoms with Crippen LogP contribution in [0, 0.1) is 11.3 Å². The van der Waals surface area contributed by atoms with Gasteiger partial charge in [-0.25, -0.2) is 0 Å². The number of hydrogen-bond acceptors (Lipinski definition) is 1. The topological polar surface area (TPSA) is 17.1 Å². The number of carbonyl (C=O) groups excluding carboxylic acids is 1. The molecule has 1 rings (SSSR count). The lowest BCUT2D eigenvalue weighted by molar-refractivity contribution is -0.116. The van der Waals surface area contributed by atoms with Gasteiger partial charge in [-0.1, -0.05) is 32.1 Å². The second kappa shape index (κ2) is 3.67. The summed E-state index contributed by atoms with van der Waals surface area (Å²) in [5, 5.41) is -0.248. The lowest BCUT2D eigenvalue weighted by Crippen LogP contribution is -2.31. The van der Waals surface area contributed by atoms with Crippen molar-refractivity contribution in [1.82, 2.24) is 0 Å². The Morgan fingerprint density at radius 3 is 2.69 bits per heavy atom. The van der Waals surface area contributed by atoms with E-state index in [2.05, 4.69) is 19.9 Å². The fourth-order valence-corrected chi connectivity index (χ4v) is 2.29. The van der Waals surface area contributed by atoms with Crippen molar-refractivity contribution in [3.8, 4) is 0 Å². The zero-order chi connectivity index (χ0) is 10.1. The first-order valence-corrected chi connectivity index (χ1v) is 4.89. The minimum absolute atomic E-state index is 0.0462. The first kappa shape index (κ1) is 10.5. The lowest BCUT2D eigenvalue weighted by atomic mass is 9.70. The molecule has 0 aromatic carbocycles. The molecule has 2 heteroatoms. The zero-order valence-electron chi connectivity index (χ0n) is 8.30. The highest BCUT2D eigenvalue weighted by molar-refractivity contribution is 6.64. The second-order valence-corrected chi connectivity index (χ2v) is 4.49. The van der Waals surface area contributed by atoms with Gasteiger partial charge in [0.25, 0.3) is 0 Å². The Morgan fingerprint density at radius 1 is 1.69 bits per heavy atom. The van der Waals surface area contributed by atoms with E-state index in [9.17, 15) is 4.79 Å². The van der Waals surface area contributed by atoms with Gasteiger partial charge in [-0.2, -0.15) is 0 Å². The summed E-state index contributed by atoms with van der Waals surface area (Å²) >= 11 is 5.60. The molecular formula is C11H15ClO. The summed E-state index contributed by atoms with van der Waals surface area (Å²) in [5.41, 5.74) is 0.992. The van der Waals surface area contributed by atoms with Crippen LogP contribution in [-0.2, 0) is 4.79 Å². The first-order valence-electron chi connectivity index (χ1n) is 4.51. The molecule has 0 bridgehead atoms. The molecule has 1 nitrogen and oxygen atoms in total. The molecule has 1 aliphatic rings. The molecule has 1 atom stereocenters. The van der Waals surface area contributed by atoms with Gasteiger partial charge in [0.15, 0.2) is 0 Å². The Labute approximate surface area is 84.5 Å². The fourth-order valence-electron chi connectivity index (χ4n) is 1.87. The van der Waals surface area contributed by atoms with Crippen LogP contribution < -0.4 is 0 Å². The molecule has 1 unspecified atom stereocenters. The Bertz CT molecular complexity index is 274. The highest BCUT2D eigenvalue weighted by Gasteiger charge is 2.37. The number of carbonyl (C=O) groups is 1. The SMILES string of the molecule is C/C=C1/C=CCC(C)(C)C1C(=O)Cl. The van der Waals surface area contributed by atoms with Crippen molar-refractivity contribution in [3.63, 3.8) is 0 Å². The summed E-state index contributed by atoms with van der Waals surface area (Å²) in [5.74, 6) is -0.149. The van der Waals surface area contributed by atoms with Crippen LogP contribution >= 0.6 is 11.6 Å². The Hall–Kier alpha value is -0.560. The van der Waals surface area contributed by atoms with Crippen molar-refractivity contribution in [2.24, 2.45) is 11.3 Å². The smallest absolute Gasteiger partial charge is 0.229 e. The molecule has 0 saturated heterocycles. The van der Waals surface area contributed by atoms with Gasteiger partial charge in [0.05, 0.1) is 5.92 Å². The van der Waals surface area contributed by atoms with E-state index in [0.717, 1.165) is 12.0 Å². The molecule has 0 aromatic heterocycles. The van der Waals surface area contributed by atoms with Gasteiger partial charge in [0.1, 0.15) is 0 Å². The average Bonchev–Trinajstić information content (AvgIpc) is 2.01. The summed E-state index contributed by atoms with van der Waals surface area (Å²) in [6.45, 7) is 6.09. The molecule has 72 valence electrons. The molecule has 0 heterocycles. The number of rotatable bonds is 1. The summed E-state index contributed by atoms with van der Waals surface area (Å²) in [6, 6.07) is 0. The highest BCUT2D eigenvalue weighted by Crippen LogP contribution is 2.41. The van der Waals surface area contributed by atoms with Crippen LogP contribution in [0.25, 0.3) is 0 Å². The van der Waals surface area contributed by atoms with Gasteiger partial charge < -0.3 is 0 Å². The van der Waals surface area contributed by atoms with Crippen molar-refractivity contribution in [2.45, 2.75) is 27.2 Å². The Kier molecular flexibility index (Phi) is 2.97. The normalized spacial score (nSPS) is 29.2. The van der Waals surface area contributed by atoms with E-state index in [4.69, 9.17) is 11.6 Å². The van der Waals surface area contributed by atoms with Crippen LogP contribution in [0.4, 0.5) is 0 Å². The maximum atomic E-state index is 11.3. The second-order valence-electron chi connectivity index (χ2n) is 4.12. The van der Waals surface area contributed by atoms with E-state index in [1.165, 1.54) is 0 Å². The van der Waals surface area contributed by atoms with E-state index in [1.807, 2.05) is 19.1 Å². The van der Waals surface area contributed by atoms with Crippen LogP contribution in [0.3, 0.4) is 0 Å². The Balaban J connectivity index is 3.09. The van der Waals surface area contributed by atoms with Crippen molar-refractivity contribution in [3.05, 3.63) is 23.8 Å². The number of hydrogen-bond donors (Lipinski definition) is 0. The van der Waals surface area contributed by atoms with Gasteiger partial charge in [0.2, 0.25) is 5.24 Å². The molecular weight excluding hydrogens is 184 g/mol. The lowest BCUT2D eigenvalue weighted by Gasteiger charge is -2.34. The third-order valence-electron chi connectivity index (χ3n) is 2.63. The van der Waals surface area contributed by atoms with Crippen LogP contribution in [-0.4, -0.2) is 5.24 Å². The van der Waals surface area contributed by atoms with Gasteiger partial charge in [0, 0.05) is 0 Å². The predicted molar refractivity (Wildman–Crippen MR) is 55.6 cm³/mol. The van der Waals surface area contributed by atoms with E-state index < -0.39 is 0 Å². The van der Waals surface area contributed by atoms with Gasteiger partial charge in [-0.3, -0.25) is 4.79 Å². The van der Waals surface area contributed by atoms with Gasteiger partial charge in [-0.15, -0.1) is 0 Å². The zero-order valence-corrected chi connectivity index (χ0v) is 9.06. The quantitative estimate of drug-likeness (QED) is 0.591. The van der Waals surface area contributed by atoms with Gasteiger partial charge in [-0.05, 0) is 35.9 Å². The third kappa shape index (κ3) is 2.02. The summed E-state index contributed by atoms with van der Waals surface area (Å²) in [7, 11) is 0. The molecule has 0 aromatic rings. The van der Waals surface area contributed by atoms with E-state index in [1.54, 1.807) is 0 Å². The van der Waals surface area contributed by atoms with Crippen LogP contribution in [0.2, 0.25) is 0 Å². The van der Waals surface area contributed by atoms with E-state index >= 15 is 0 Å². The molecule has 0 fully saturated rings. The standard InChI is InChI=1S/C11H15ClO/c1-4-8-6-5-7-11(2,3)9(8)10(12)13/h4-6,9H,7H2,1-3H3/b8-4-. The largest absolute Gasteiger partial charge is 0.281 e. The Morgan fingerprint density at radius 2 is 2.31 bits per heavy atom. The van der Waals surface area contributed by atoms with E-state index in [-0.39, 0.29) is 16.6 Å². The molecule has 0 N–H and O–H groups in total. The monoisotopic (exact) mass is 198 g/mol. The van der Waals surface area contributed by atoms with Crippen LogP contribution in [0.5, 0.6) is 0 Å². The molecule has 0 saturated carbocycles. The van der Waals surface area contributed by atoms with Crippen molar-refractivity contribution >= 4 is 16.8 Å². The van der Waals surface area contributed by atoms with Gasteiger partial charge >= 0.3 is 0 Å². The maximum Gasteiger partial charge on any atom is 0.229 e. The third-order valence-corrected chi connectivity index (χ3v) is 2.85. The molecule has 0 radical (unpaired) electrons. The number of allylic oxidation sites excluding steroid dienone is 4. The van der Waals surface area contributed by atoms with Crippen LogP contribution in [0.1, 0.15) is 27.2 Å².